The summed E-state index contributed by atoms with van der Waals surface area (Å²) in [6.07, 6.45) is 0. The second kappa shape index (κ2) is 8.32. The Morgan fingerprint density at radius 2 is 1.62 bits per heavy atom. The zero-order chi connectivity index (χ0) is 22.1. The molecule has 0 spiro atoms. The van der Waals surface area contributed by atoms with E-state index in [2.05, 4.69) is 20.6 Å². The maximum Gasteiger partial charge on any atom is 0.238 e. The number of nitrogens with zero attached hydrogens (tertiary/aromatic N) is 4. The number of fused-ring (bicyclic) bond motifs is 1. The van der Waals surface area contributed by atoms with Gasteiger partial charge in [-0.05, 0) is 29.7 Å². The Kier molecular flexibility index (Phi) is 5.20. The highest BCUT2D eigenvalue weighted by Gasteiger charge is 2.24. The van der Waals surface area contributed by atoms with Gasteiger partial charge in [0.05, 0.1) is 5.92 Å². The van der Waals surface area contributed by atoms with E-state index in [1.165, 1.54) is 21.9 Å². The first kappa shape index (κ1) is 20.0. The van der Waals surface area contributed by atoms with Crippen LogP contribution < -0.4 is 5.32 Å². The molecule has 0 bridgehead atoms. The third-order valence-electron chi connectivity index (χ3n) is 5.18. The monoisotopic (exact) mass is 443 g/mol. The van der Waals surface area contributed by atoms with Crippen molar-refractivity contribution in [1.82, 2.24) is 19.8 Å². The number of rotatable bonds is 5. The van der Waals surface area contributed by atoms with Crippen molar-refractivity contribution in [3.8, 4) is 11.4 Å². The van der Waals surface area contributed by atoms with Gasteiger partial charge in [0.25, 0.3) is 0 Å². The van der Waals surface area contributed by atoms with Crippen molar-refractivity contribution >= 4 is 27.3 Å². The molecule has 158 valence electrons. The summed E-state index contributed by atoms with van der Waals surface area (Å²) in [5.74, 6) is -0.595. The van der Waals surface area contributed by atoms with E-state index in [0.29, 0.717) is 27.0 Å². The number of halogens is 1. The molecule has 5 rings (SSSR count). The summed E-state index contributed by atoms with van der Waals surface area (Å²) in [5, 5.41) is 16.0. The molecule has 0 fully saturated rings. The minimum absolute atomic E-state index is 0.199. The van der Waals surface area contributed by atoms with E-state index in [4.69, 9.17) is 0 Å². The summed E-state index contributed by atoms with van der Waals surface area (Å²) >= 11 is 1.21. The predicted octanol–water partition coefficient (Wildman–Crippen LogP) is 5.07. The SMILES string of the molecule is Cc1ccc(-c2nnc3sc(NC(=O)C(c4ccccc4)c4ccccc4)nn23)cc1F. The Bertz CT molecular complexity index is 1360. The van der Waals surface area contributed by atoms with E-state index in [1.807, 2.05) is 60.7 Å². The number of anilines is 1. The molecule has 6 nitrogen and oxygen atoms in total. The van der Waals surface area contributed by atoms with Crippen LogP contribution in [-0.2, 0) is 4.79 Å². The summed E-state index contributed by atoms with van der Waals surface area (Å²) in [6, 6.07) is 24.1. The van der Waals surface area contributed by atoms with Gasteiger partial charge in [0.15, 0.2) is 5.82 Å². The summed E-state index contributed by atoms with van der Waals surface area (Å²) in [7, 11) is 0. The number of aromatic nitrogens is 4. The summed E-state index contributed by atoms with van der Waals surface area (Å²) in [5.41, 5.74) is 2.88. The molecule has 0 atom stereocenters. The van der Waals surface area contributed by atoms with Gasteiger partial charge in [0.2, 0.25) is 16.0 Å². The molecule has 2 heterocycles. The molecule has 2 aromatic heterocycles. The zero-order valence-corrected chi connectivity index (χ0v) is 17.9. The average Bonchev–Trinajstić information content (AvgIpc) is 3.37. The minimum Gasteiger partial charge on any atom is -0.300 e. The molecule has 0 aliphatic heterocycles. The third-order valence-corrected chi connectivity index (χ3v) is 5.99. The summed E-state index contributed by atoms with van der Waals surface area (Å²) in [4.78, 5) is 13.8. The van der Waals surface area contributed by atoms with E-state index in [1.54, 1.807) is 19.1 Å². The molecule has 0 aliphatic rings. The maximum absolute atomic E-state index is 14.0. The highest BCUT2D eigenvalue weighted by atomic mass is 32.1. The van der Waals surface area contributed by atoms with E-state index >= 15 is 0 Å². The summed E-state index contributed by atoms with van der Waals surface area (Å²) in [6.45, 7) is 1.70. The van der Waals surface area contributed by atoms with Crippen LogP contribution in [0.2, 0.25) is 0 Å². The number of amides is 1. The number of aryl methyl sites for hydroxylation is 1. The van der Waals surface area contributed by atoms with Crippen LogP contribution >= 0.6 is 11.3 Å². The van der Waals surface area contributed by atoms with Gasteiger partial charge in [-0.15, -0.1) is 15.3 Å². The van der Waals surface area contributed by atoms with Crippen molar-refractivity contribution in [1.29, 1.82) is 0 Å². The van der Waals surface area contributed by atoms with Crippen LogP contribution in [0.1, 0.15) is 22.6 Å². The molecule has 0 unspecified atom stereocenters. The number of benzene rings is 3. The lowest BCUT2D eigenvalue weighted by molar-refractivity contribution is -0.116. The fraction of sp³-hybridized carbons (Fsp3) is 0.0833. The molecule has 1 amide bonds. The standard InChI is InChI=1S/C24H18FN5OS/c1-15-12-13-18(14-19(15)25)21-27-28-24-30(21)29-23(32-24)26-22(31)20(16-8-4-2-5-9-16)17-10-6-3-7-11-17/h2-14,20H,1H3,(H,26,29,31). The number of carbonyl (C=O) groups is 1. The first-order valence-corrected chi connectivity index (χ1v) is 10.8. The van der Waals surface area contributed by atoms with E-state index in [-0.39, 0.29) is 11.7 Å². The first-order valence-electron chi connectivity index (χ1n) is 9.99. The van der Waals surface area contributed by atoms with Crippen molar-refractivity contribution < 1.29 is 9.18 Å². The quantitative estimate of drug-likeness (QED) is 0.412. The predicted molar refractivity (Wildman–Crippen MR) is 122 cm³/mol. The van der Waals surface area contributed by atoms with Gasteiger partial charge in [0.1, 0.15) is 5.82 Å². The first-order chi connectivity index (χ1) is 15.6. The Morgan fingerprint density at radius 3 is 2.25 bits per heavy atom. The van der Waals surface area contributed by atoms with Crippen LogP contribution in [0.15, 0.2) is 78.9 Å². The van der Waals surface area contributed by atoms with Crippen molar-refractivity contribution in [2.45, 2.75) is 12.8 Å². The lowest BCUT2D eigenvalue weighted by atomic mass is 9.90. The molecule has 32 heavy (non-hydrogen) atoms. The Labute approximate surface area is 187 Å². The molecule has 0 aliphatic carbocycles. The topological polar surface area (TPSA) is 72.2 Å². The summed E-state index contributed by atoms with van der Waals surface area (Å²) < 4.78 is 15.5. The van der Waals surface area contributed by atoms with E-state index < -0.39 is 5.92 Å². The van der Waals surface area contributed by atoms with Gasteiger partial charge in [-0.1, -0.05) is 84.1 Å². The molecule has 1 N–H and O–H groups in total. The third kappa shape index (κ3) is 3.76. The van der Waals surface area contributed by atoms with Crippen LogP contribution in [0, 0.1) is 12.7 Å². The van der Waals surface area contributed by atoms with Crippen molar-refractivity contribution in [2.75, 3.05) is 5.32 Å². The molecule has 0 saturated carbocycles. The van der Waals surface area contributed by atoms with Gasteiger partial charge < -0.3 is 0 Å². The number of nitrogens with one attached hydrogen (secondary N) is 1. The fourth-order valence-corrected chi connectivity index (χ4v) is 4.29. The largest absolute Gasteiger partial charge is 0.300 e. The molecular weight excluding hydrogens is 425 g/mol. The second-order valence-corrected chi connectivity index (χ2v) is 8.29. The van der Waals surface area contributed by atoms with Gasteiger partial charge >= 0.3 is 0 Å². The fourth-order valence-electron chi connectivity index (χ4n) is 3.54. The maximum atomic E-state index is 14.0. The minimum atomic E-state index is -0.489. The second-order valence-electron chi connectivity index (χ2n) is 7.33. The van der Waals surface area contributed by atoms with E-state index in [0.717, 1.165) is 11.1 Å². The molecule has 0 saturated heterocycles. The van der Waals surface area contributed by atoms with E-state index in [9.17, 15) is 9.18 Å². The van der Waals surface area contributed by atoms with Gasteiger partial charge in [-0.25, -0.2) is 4.39 Å². The van der Waals surface area contributed by atoms with Crippen LogP contribution in [0.25, 0.3) is 16.3 Å². The lowest BCUT2D eigenvalue weighted by Gasteiger charge is -2.16. The van der Waals surface area contributed by atoms with Crippen LogP contribution in [0.4, 0.5) is 9.52 Å². The van der Waals surface area contributed by atoms with Crippen LogP contribution in [-0.4, -0.2) is 25.7 Å². The molecular formula is C24H18FN5OS. The Hall–Kier alpha value is -3.91. The smallest absolute Gasteiger partial charge is 0.238 e. The highest BCUT2D eigenvalue weighted by molar-refractivity contribution is 7.20. The molecule has 0 radical (unpaired) electrons. The van der Waals surface area contributed by atoms with Crippen molar-refractivity contribution in [3.05, 3.63) is 101 Å². The Morgan fingerprint density at radius 1 is 0.969 bits per heavy atom. The number of hydrogen-bond acceptors (Lipinski definition) is 5. The van der Waals surface area contributed by atoms with Crippen LogP contribution in [0.5, 0.6) is 0 Å². The van der Waals surface area contributed by atoms with Crippen LogP contribution in [0.3, 0.4) is 0 Å². The van der Waals surface area contributed by atoms with Crippen molar-refractivity contribution in [2.24, 2.45) is 0 Å². The lowest BCUT2D eigenvalue weighted by Crippen LogP contribution is -2.22. The number of carbonyl (C=O) groups excluding carboxylic acids is 1. The van der Waals surface area contributed by atoms with Gasteiger partial charge in [0, 0.05) is 5.56 Å². The number of hydrogen-bond donors (Lipinski definition) is 1. The van der Waals surface area contributed by atoms with Gasteiger partial charge in [-0.3, -0.25) is 10.1 Å². The van der Waals surface area contributed by atoms with Gasteiger partial charge in [-0.2, -0.15) is 4.52 Å². The molecule has 5 aromatic rings. The zero-order valence-electron chi connectivity index (χ0n) is 17.1. The average molecular weight is 444 g/mol. The molecule has 3 aromatic carbocycles. The molecule has 8 heteroatoms. The normalized spacial score (nSPS) is 11.2. The Balaban J connectivity index is 1.47. The highest BCUT2D eigenvalue weighted by Crippen LogP contribution is 2.29. The van der Waals surface area contributed by atoms with Crippen molar-refractivity contribution in [3.63, 3.8) is 0 Å².